The molecule has 2 N–H and O–H groups in total. The second kappa shape index (κ2) is 7.82. The first-order chi connectivity index (χ1) is 12.5. The van der Waals surface area contributed by atoms with Crippen LogP contribution in [0.1, 0.15) is 36.0 Å². The van der Waals surface area contributed by atoms with E-state index in [1.54, 1.807) is 0 Å². The maximum atomic E-state index is 13.3. The number of morpholine rings is 1. The zero-order valence-corrected chi connectivity index (χ0v) is 14.2. The molecule has 0 aliphatic carbocycles. The van der Waals surface area contributed by atoms with E-state index in [9.17, 15) is 23.9 Å². The van der Waals surface area contributed by atoms with Crippen LogP contribution in [0.2, 0.25) is 0 Å². The number of nitrogens with zero attached hydrogens (tertiary/aromatic N) is 1. The lowest BCUT2D eigenvalue weighted by Crippen LogP contribution is -2.62. The van der Waals surface area contributed by atoms with Crippen LogP contribution in [-0.4, -0.2) is 59.1 Å². The number of hydrogen-bond acceptors (Lipinski definition) is 4. The Morgan fingerprint density at radius 3 is 2.73 bits per heavy atom. The molecule has 140 valence electrons. The Balaban J connectivity index is 1.80. The number of hydrogen-bond donors (Lipinski definition) is 2. The summed E-state index contributed by atoms with van der Waals surface area (Å²) in [6, 6.07) is 2.99. The number of fused-ring (bicyclic) bond motifs is 1. The van der Waals surface area contributed by atoms with E-state index in [1.807, 2.05) is 0 Å². The minimum absolute atomic E-state index is 0.0673. The number of carbonyl (C=O) groups excluding carboxylic acids is 2. The lowest BCUT2D eigenvalue weighted by Gasteiger charge is -2.43. The second-order valence-corrected chi connectivity index (χ2v) is 6.61. The highest BCUT2D eigenvalue weighted by atomic mass is 19.1. The molecule has 0 unspecified atom stereocenters. The highest BCUT2D eigenvalue weighted by Gasteiger charge is 2.42. The fraction of sp³-hybridized carbons (Fsp3) is 0.500. The van der Waals surface area contributed by atoms with Crippen molar-refractivity contribution in [2.45, 2.75) is 43.8 Å². The molecule has 0 aromatic heterocycles. The zero-order chi connectivity index (χ0) is 18.7. The summed E-state index contributed by atoms with van der Waals surface area (Å²) in [6.07, 6.45) is 2.61. The van der Waals surface area contributed by atoms with Crippen LogP contribution in [0.15, 0.2) is 24.3 Å². The molecule has 0 bridgehead atoms. The van der Waals surface area contributed by atoms with E-state index in [0.29, 0.717) is 19.4 Å². The first-order valence-electron chi connectivity index (χ1n) is 8.66. The quantitative estimate of drug-likeness (QED) is 0.840. The van der Waals surface area contributed by atoms with Gasteiger partial charge in [-0.3, -0.25) is 9.59 Å². The Morgan fingerprint density at radius 1 is 1.23 bits per heavy atom. The van der Waals surface area contributed by atoms with Gasteiger partial charge in [-0.05, 0) is 31.0 Å². The monoisotopic (exact) mass is 364 g/mol. The minimum Gasteiger partial charge on any atom is -0.480 e. The van der Waals surface area contributed by atoms with Gasteiger partial charge in [0.05, 0.1) is 19.3 Å². The molecule has 0 radical (unpaired) electrons. The van der Waals surface area contributed by atoms with Crippen LogP contribution in [0, 0.1) is 5.82 Å². The molecule has 1 aromatic carbocycles. The van der Waals surface area contributed by atoms with Crippen LogP contribution in [0.3, 0.4) is 0 Å². The van der Waals surface area contributed by atoms with Crippen molar-refractivity contribution in [1.82, 2.24) is 10.2 Å². The highest BCUT2D eigenvalue weighted by Crippen LogP contribution is 2.24. The van der Waals surface area contributed by atoms with Gasteiger partial charge in [0.15, 0.2) is 6.04 Å². The standard InChI is InChI=1S/C18H21FN2O5/c19-12-5-3-4-11(8-12)16(22)20-14-7-2-1-6-13-9-26-10-15(18(24)25)21(13)17(14)23/h3-5,8,13-15H,1-2,6-7,9-10H2,(H,20,22)(H,24,25)/t13-,14-,15-/m0/s1. The van der Waals surface area contributed by atoms with Crippen molar-refractivity contribution in [2.75, 3.05) is 13.2 Å². The molecule has 2 aliphatic heterocycles. The van der Waals surface area contributed by atoms with Gasteiger partial charge in [0, 0.05) is 5.56 Å². The van der Waals surface area contributed by atoms with Gasteiger partial charge in [-0.1, -0.05) is 18.9 Å². The lowest BCUT2D eigenvalue weighted by molar-refractivity contribution is -0.165. The summed E-state index contributed by atoms with van der Waals surface area (Å²) in [7, 11) is 0. The molecule has 26 heavy (non-hydrogen) atoms. The summed E-state index contributed by atoms with van der Waals surface area (Å²) >= 11 is 0. The maximum absolute atomic E-state index is 13.3. The zero-order valence-electron chi connectivity index (χ0n) is 14.2. The van der Waals surface area contributed by atoms with Crippen LogP contribution < -0.4 is 5.32 Å². The topological polar surface area (TPSA) is 95.9 Å². The van der Waals surface area contributed by atoms with Gasteiger partial charge < -0.3 is 20.1 Å². The van der Waals surface area contributed by atoms with Crippen LogP contribution in [-0.2, 0) is 14.3 Å². The molecule has 2 aliphatic rings. The third-order valence-electron chi connectivity index (χ3n) is 4.83. The molecule has 2 amide bonds. The molecule has 0 spiro atoms. The Morgan fingerprint density at radius 2 is 2.00 bits per heavy atom. The molecular weight excluding hydrogens is 343 g/mol. The van der Waals surface area contributed by atoms with Gasteiger partial charge in [-0.25, -0.2) is 9.18 Å². The van der Waals surface area contributed by atoms with Crippen LogP contribution in [0.25, 0.3) is 0 Å². The van der Waals surface area contributed by atoms with Crippen LogP contribution >= 0.6 is 0 Å². The number of carboxylic acid groups (broad SMARTS) is 1. The largest absolute Gasteiger partial charge is 0.480 e. The number of halogens is 1. The summed E-state index contributed by atoms with van der Waals surface area (Å²) in [5.74, 6) is -2.64. The number of benzene rings is 1. The normalized spacial score (nSPS) is 26.4. The van der Waals surface area contributed by atoms with Crippen molar-refractivity contribution in [3.05, 3.63) is 35.6 Å². The van der Waals surface area contributed by atoms with Crippen molar-refractivity contribution in [3.63, 3.8) is 0 Å². The molecule has 8 heteroatoms. The molecule has 3 rings (SSSR count). The summed E-state index contributed by atoms with van der Waals surface area (Å²) < 4.78 is 18.7. The minimum atomic E-state index is -1.13. The highest BCUT2D eigenvalue weighted by molar-refractivity contribution is 5.98. The number of nitrogens with one attached hydrogen (secondary N) is 1. The Hall–Kier alpha value is -2.48. The molecule has 2 saturated heterocycles. The Labute approximate surface area is 150 Å². The average Bonchev–Trinajstić information content (AvgIpc) is 2.61. The van der Waals surface area contributed by atoms with E-state index in [1.165, 1.54) is 23.1 Å². The first kappa shape index (κ1) is 18.3. The summed E-state index contributed by atoms with van der Waals surface area (Å²) in [6.45, 7) is 0.224. The first-order valence-corrected chi connectivity index (χ1v) is 8.66. The van der Waals surface area contributed by atoms with Gasteiger partial charge in [0.2, 0.25) is 5.91 Å². The van der Waals surface area contributed by atoms with Crippen LogP contribution in [0.4, 0.5) is 4.39 Å². The van der Waals surface area contributed by atoms with Gasteiger partial charge in [0.25, 0.3) is 5.91 Å². The smallest absolute Gasteiger partial charge is 0.328 e. The predicted octanol–water partition coefficient (Wildman–Crippen LogP) is 1.18. The van der Waals surface area contributed by atoms with E-state index in [2.05, 4.69) is 5.32 Å². The van der Waals surface area contributed by atoms with E-state index < -0.39 is 35.7 Å². The van der Waals surface area contributed by atoms with Crippen molar-refractivity contribution in [2.24, 2.45) is 0 Å². The van der Waals surface area contributed by atoms with Crippen molar-refractivity contribution in [1.29, 1.82) is 0 Å². The van der Waals surface area contributed by atoms with Gasteiger partial charge in [0.1, 0.15) is 11.9 Å². The summed E-state index contributed by atoms with van der Waals surface area (Å²) in [4.78, 5) is 38.3. The molecule has 3 atom stereocenters. The van der Waals surface area contributed by atoms with E-state index in [-0.39, 0.29) is 18.2 Å². The predicted molar refractivity (Wildman–Crippen MR) is 89.0 cm³/mol. The molecule has 2 heterocycles. The molecule has 7 nitrogen and oxygen atoms in total. The number of aliphatic carboxylic acids is 1. The Bertz CT molecular complexity index is 711. The average molecular weight is 364 g/mol. The van der Waals surface area contributed by atoms with Gasteiger partial charge >= 0.3 is 5.97 Å². The SMILES string of the molecule is O=C(N[C@H]1CCCC[C@H]2COC[C@@H](C(=O)O)N2C1=O)c1cccc(F)c1. The number of ether oxygens (including phenoxy) is 1. The van der Waals surface area contributed by atoms with Crippen LogP contribution in [0.5, 0.6) is 0 Å². The molecule has 0 saturated carbocycles. The number of amides is 2. The van der Waals surface area contributed by atoms with E-state index in [4.69, 9.17) is 4.74 Å². The van der Waals surface area contributed by atoms with Gasteiger partial charge in [-0.2, -0.15) is 0 Å². The molecular formula is C18H21FN2O5. The fourth-order valence-electron chi connectivity index (χ4n) is 3.51. The van der Waals surface area contributed by atoms with Gasteiger partial charge in [-0.15, -0.1) is 0 Å². The number of rotatable bonds is 3. The molecule has 1 aromatic rings. The third-order valence-corrected chi connectivity index (χ3v) is 4.83. The molecule has 2 fully saturated rings. The number of carboxylic acids is 1. The van der Waals surface area contributed by atoms with E-state index >= 15 is 0 Å². The van der Waals surface area contributed by atoms with Crippen molar-refractivity contribution >= 4 is 17.8 Å². The lowest BCUT2D eigenvalue weighted by atomic mass is 9.95. The Kier molecular flexibility index (Phi) is 5.51. The van der Waals surface area contributed by atoms with Crippen molar-refractivity contribution in [3.8, 4) is 0 Å². The van der Waals surface area contributed by atoms with Crippen molar-refractivity contribution < 1.29 is 28.6 Å². The second-order valence-electron chi connectivity index (χ2n) is 6.61. The fourth-order valence-corrected chi connectivity index (χ4v) is 3.51. The summed E-state index contributed by atoms with van der Waals surface area (Å²) in [5.41, 5.74) is 0.119. The number of carbonyl (C=O) groups is 3. The maximum Gasteiger partial charge on any atom is 0.328 e. The summed E-state index contributed by atoms with van der Waals surface area (Å²) in [5, 5.41) is 12.1. The van der Waals surface area contributed by atoms with E-state index in [0.717, 1.165) is 18.9 Å². The third kappa shape index (κ3) is 3.85.